The molecule has 0 saturated carbocycles. The van der Waals surface area contributed by atoms with Crippen LogP contribution in [0, 0.1) is 0 Å². The van der Waals surface area contributed by atoms with Gasteiger partial charge in [0.15, 0.2) is 14.7 Å². The van der Waals surface area contributed by atoms with Crippen molar-refractivity contribution >= 4 is 10.9 Å². The Hall–Kier alpha value is -1.99. The van der Waals surface area contributed by atoms with E-state index in [0.29, 0.717) is 35.9 Å². The minimum absolute atomic E-state index is 0.356. The van der Waals surface area contributed by atoms with Crippen molar-refractivity contribution in [1.29, 1.82) is 0 Å². The van der Waals surface area contributed by atoms with E-state index in [1.54, 1.807) is 0 Å². The Morgan fingerprint density at radius 3 is 1.00 bits per heavy atom. The molecule has 146 valence electrons. The maximum Gasteiger partial charge on any atom is 0.166 e. The molecule has 0 heterocycles. The van der Waals surface area contributed by atoms with Crippen LogP contribution in [0.1, 0.15) is 80.1 Å². The molecular formula is C27H33S+. The first-order chi connectivity index (χ1) is 14.6. The highest BCUT2D eigenvalue weighted by Gasteiger charge is 2.29. The van der Waals surface area contributed by atoms with Gasteiger partial charge in [-0.2, -0.15) is 0 Å². The summed E-state index contributed by atoms with van der Waals surface area (Å²) in [5.74, 6) is 1.07. The summed E-state index contributed by atoms with van der Waals surface area (Å²) in [6.07, 6.45) is 0. The Bertz CT molecular complexity index is 933. The van der Waals surface area contributed by atoms with Gasteiger partial charge in [0, 0.05) is 0 Å². The Kier molecular flexibility index (Phi) is 5.44. The van der Waals surface area contributed by atoms with Crippen LogP contribution in [-0.4, -0.2) is 0 Å². The molecule has 1 heteroatoms. The predicted molar refractivity (Wildman–Crippen MR) is 124 cm³/mol. The van der Waals surface area contributed by atoms with Gasteiger partial charge < -0.3 is 0 Å². The molecular weight excluding hydrogens is 356 g/mol. The molecule has 0 radical (unpaired) electrons. The minimum atomic E-state index is -0.676. The molecule has 0 aliphatic carbocycles. The maximum absolute atomic E-state index is 8.78. The highest BCUT2D eigenvalue weighted by Crippen LogP contribution is 2.33. The van der Waals surface area contributed by atoms with E-state index >= 15 is 0 Å². The van der Waals surface area contributed by atoms with Gasteiger partial charge in [0.1, 0.15) is 0 Å². The van der Waals surface area contributed by atoms with Crippen LogP contribution in [0.5, 0.6) is 0 Å². The van der Waals surface area contributed by atoms with Gasteiger partial charge in [-0.1, -0.05) is 77.9 Å². The van der Waals surface area contributed by atoms with E-state index in [9.17, 15) is 0 Å². The zero-order valence-corrected chi connectivity index (χ0v) is 18.7. The van der Waals surface area contributed by atoms with Crippen LogP contribution in [0.15, 0.2) is 87.4 Å². The van der Waals surface area contributed by atoms with Crippen molar-refractivity contribution in [2.45, 2.75) is 74.0 Å². The molecule has 0 N–H and O–H groups in total. The molecule has 0 aromatic heterocycles. The summed E-state index contributed by atoms with van der Waals surface area (Å²) in [4.78, 5) is 2.63. The van der Waals surface area contributed by atoms with Crippen LogP contribution in [-0.2, 0) is 10.9 Å². The third-order valence-corrected chi connectivity index (χ3v) is 7.17. The molecule has 28 heavy (non-hydrogen) atoms. The quantitative estimate of drug-likeness (QED) is 0.371. The average molecular weight is 393 g/mol. The summed E-state index contributed by atoms with van der Waals surface area (Å²) in [5, 5.41) is 0. The minimum Gasteiger partial charge on any atom is -0.0587 e. The van der Waals surface area contributed by atoms with Gasteiger partial charge in [0.2, 0.25) is 0 Å². The van der Waals surface area contributed by atoms with Crippen molar-refractivity contribution in [3.63, 3.8) is 0 Å². The SMILES string of the molecule is [2H]c1cc(C(C)C)ccc1[S+](c1ccc(C(C)C)cc1[2H])c1ccc(C(C)C)cc1[2H]. The maximum atomic E-state index is 8.78. The van der Waals surface area contributed by atoms with Crippen molar-refractivity contribution in [2.75, 3.05) is 0 Å². The van der Waals surface area contributed by atoms with Crippen LogP contribution >= 0.6 is 0 Å². The molecule has 0 spiro atoms. The molecule has 0 nitrogen and oxygen atoms in total. The molecule has 3 aromatic carbocycles. The second kappa shape index (κ2) is 9.01. The van der Waals surface area contributed by atoms with Gasteiger partial charge in [0.25, 0.3) is 0 Å². The monoisotopic (exact) mass is 392 g/mol. The molecule has 3 rings (SSSR count). The third-order valence-electron chi connectivity index (χ3n) is 5.08. The summed E-state index contributed by atoms with van der Waals surface area (Å²) in [7, 11) is -0.676. The van der Waals surface area contributed by atoms with Crippen LogP contribution in [0.3, 0.4) is 0 Å². The van der Waals surface area contributed by atoms with Crippen LogP contribution < -0.4 is 0 Å². The summed E-state index contributed by atoms with van der Waals surface area (Å²) in [5.41, 5.74) is 3.42. The Balaban J connectivity index is 2.23. The molecule has 0 bridgehead atoms. The van der Waals surface area contributed by atoms with Gasteiger partial charge in [-0.05, 0) is 70.8 Å². The van der Waals surface area contributed by atoms with Crippen molar-refractivity contribution in [3.8, 4) is 0 Å². The second-order valence-corrected chi connectivity index (χ2v) is 10.2. The molecule has 0 aliphatic heterocycles. The normalized spacial score (nSPS) is 13.3. The zero-order chi connectivity index (χ0) is 22.9. The Labute approximate surface area is 178 Å². The van der Waals surface area contributed by atoms with Crippen LogP contribution in [0.2, 0.25) is 0 Å². The van der Waals surface area contributed by atoms with E-state index in [4.69, 9.17) is 4.11 Å². The lowest BCUT2D eigenvalue weighted by molar-refractivity contribution is 0.863. The molecule has 0 amide bonds. The van der Waals surface area contributed by atoms with E-state index in [0.717, 1.165) is 31.4 Å². The van der Waals surface area contributed by atoms with Gasteiger partial charge in [-0.15, -0.1) is 0 Å². The van der Waals surface area contributed by atoms with E-state index < -0.39 is 10.9 Å². The molecule has 0 saturated heterocycles. The first-order valence-corrected chi connectivity index (χ1v) is 11.4. The first kappa shape index (κ1) is 16.9. The molecule has 3 aromatic rings. The van der Waals surface area contributed by atoms with Crippen molar-refractivity contribution in [2.24, 2.45) is 0 Å². The Morgan fingerprint density at radius 2 is 0.786 bits per heavy atom. The summed E-state index contributed by atoms with van der Waals surface area (Å²) < 4.78 is 26.3. The molecule has 0 atom stereocenters. The number of rotatable bonds is 6. The predicted octanol–water partition coefficient (Wildman–Crippen LogP) is 8.15. The van der Waals surface area contributed by atoms with Gasteiger partial charge >= 0.3 is 0 Å². The molecule has 0 unspecified atom stereocenters. The standard InChI is InChI=1S/C27H33S/c1-19(2)22-7-13-25(14-8-22)28(26-15-9-23(10-16-26)20(3)4)27-17-11-24(12-18-27)21(5)6/h7-21H,1-6H3/q+1/i13D,15D,17D. The van der Waals surface area contributed by atoms with Gasteiger partial charge in [0.05, 0.1) is 15.0 Å². The summed E-state index contributed by atoms with van der Waals surface area (Å²) in [6, 6.07) is 19.7. The highest BCUT2D eigenvalue weighted by molar-refractivity contribution is 7.97. The number of hydrogen-bond acceptors (Lipinski definition) is 0. The fourth-order valence-corrected chi connectivity index (χ4v) is 4.93. The van der Waals surface area contributed by atoms with E-state index in [-0.39, 0.29) is 0 Å². The fraction of sp³-hybridized carbons (Fsp3) is 0.333. The molecule has 0 aliphatic rings. The smallest absolute Gasteiger partial charge is 0.0587 e. The fourth-order valence-electron chi connectivity index (χ4n) is 3.08. The summed E-state index contributed by atoms with van der Waals surface area (Å²) >= 11 is 0. The van der Waals surface area contributed by atoms with Crippen molar-refractivity contribution in [3.05, 3.63) is 89.4 Å². The van der Waals surface area contributed by atoms with E-state index in [2.05, 4.69) is 59.7 Å². The lowest BCUT2D eigenvalue weighted by Crippen LogP contribution is -2.06. The van der Waals surface area contributed by atoms with Gasteiger partial charge in [-0.3, -0.25) is 0 Å². The number of hydrogen-bond donors (Lipinski definition) is 0. The second-order valence-electron chi connectivity index (χ2n) is 8.23. The average Bonchev–Trinajstić information content (AvgIpc) is 2.70. The van der Waals surface area contributed by atoms with Crippen LogP contribution in [0.25, 0.3) is 0 Å². The summed E-state index contributed by atoms with van der Waals surface area (Å²) in [6.45, 7) is 12.8. The third kappa shape index (κ3) is 4.70. The number of benzene rings is 3. The van der Waals surface area contributed by atoms with Crippen LogP contribution in [0.4, 0.5) is 0 Å². The largest absolute Gasteiger partial charge is 0.166 e. The lowest BCUT2D eigenvalue weighted by Gasteiger charge is -2.12. The highest BCUT2D eigenvalue weighted by atomic mass is 32.2. The van der Waals surface area contributed by atoms with E-state index in [1.165, 1.54) is 0 Å². The lowest BCUT2D eigenvalue weighted by atomic mass is 10.0. The Morgan fingerprint density at radius 1 is 0.500 bits per heavy atom. The topological polar surface area (TPSA) is 0 Å². The van der Waals surface area contributed by atoms with Crippen molar-refractivity contribution in [1.82, 2.24) is 0 Å². The molecule has 0 fully saturated rings. The van der Waals surface area contributed by atoms with E-state index in [1.807, 2.05) is 36.4 Å². The van der Waals surface area contributed by atoms with Crippen molar-refractivity contribution < 1.29 is 4.11 Å². The first-order valence-electron chi connectivity index (χ1n) is 11.7. The van der Waals surface area contributed by atoms with Gasteiger partial charge in [-0.25, -0.2) is 0 Å². The zero-order valence-electron chi connectivity index (χ0n) is 20.8.